The number of rotatable bonds is 4. The van der Waals surface area contributed by atoms with Gasteiger partial charge >= 0.3 is 0 Å². The second kappa shape index (κ2) is 14.8. The normalized spacial score (nSPS) is 17.6. The summed E-state index contributed by atoms with van der Waals surface area (Å²) in [5.41, 5.74) is 2.74. The molecule has 4 aromatic rings. The van der Waals surface area contributed by atoms with Crippen LogP contribution >= 0.6 is 0 Å². The Labute approximate surface area is 275 Å². The Kier molecular flexibility index (Phi) is 9.97. The van der Waals surface area contributed by atoms with Crippen molar-refractivity contribution in [2.45, 2.75) is 38.4 Å². The lowest BCUT2D eigenvalue weighted by atomic mass is 9.95. The van der Waals surface area contributed by atoms with Crippen molar-refractivity contribution in [2.75, 3.05) is 39.3 Å². The molecule has 0 radical (unpaired) electrons. The summed E-state index contributed by atoms with van der Waals surface area (Å²) in [6, 6.07) is 12.6. The monoisotopic (exact) mass is 658 g/mol. The predicted molar refractivity (Wildman–Crippen MR) is 167 cm³/mol. The number of imidazole rings is 1. The fraction of sp³-hybridized carbons (Fsp3) is 0.375. The molecule has 250 valence electrons. The Morgan fingerprint density at radius 2 is 1.81 bits per heavy atom. The van der Waals surface area contributed by atoms with E-state index in [4.69, 9.17) is 4.74 Å². The highest BCUT2D eigenvalue weighted by Crippen LogP contribution is 2.36. The number of hydrogen-bond acceptors (Lipinski definition) is 9. The molecule has 0 aliphatic carbocycles. The first-order chi connectivity index (χ1) is 23.3. The molecule has 4 heterocycles. The number of carbonyl (C=O) groups is 4. The van der Waals surface area contributed by atoms with E-state index in [9.17, 15) is 23.6 Å². The number of amides is 4. The zero-order valence-electron chi connectivity index (χ0n) is 26.1. The van der Waals surface area contributed by atoms with Crippen molar-refractivity contribution >= 4 is 23.6 Å². The summed E-state index contributed by atoms with van der Waals surface area (Å²) in [5, 5.41) is 17.1. The maximum atomic E-state index is 13.7. The maximum Gasteiger partial charge on any atom is 0.247 e. The third-order valence-corrected chi connectivity index (χ3v) is 8.16. The molecule has 48 heavy (non-hydrogen) atoms. The number of carbonyl (C=O) groups excluding carboxylic acids is 4. The third kappa shape index (κ3) is 7.82. The molecule has 1 unspecified atom stereocenters. The molecule has 16 heteroatoms. The number of hydrogen-bond donors (Lipinski definition) is 2. The van der Waals surface area contributed by atoms with Crippen molar-refractivity contribution in [1.29, 1.82) is 0 Å². The van der Waals surface area contributed by atoms with Gasteiger partial charge in [-0.2, -0.15) is 4.80 Å². The second-order valence-corrected chi connectivity index (χ2v) is 11.5. The molecule has 2 aromatic carbocycles. The van der Waals surface area contributed by atoms with E-state index in [0.717, 1.165) is 11.3 Å². The molecule has 0 saturated heterocycles. The number of ether oxygens (including phenoxy) is 1. The summed E-state index contributed by atoms with van der Waals surface area (Å²) >= 11 is 0. The molecule has 2 N–H and O–H groups in total. The highest BCUT2D eigenvalue weighted by Gasteiger charge is 2.36. The molecule has 6 bridgehead atoms. The van der Waals surface area contributed by atoms with E-state index in [2.05, 4.69) is 31.0 Å². The lowest BCUT2D eigenvalue weighted by molar-refractivity contribution is -0.135. The van der Waals surface area contributed by atoms with Gasteiger partial charge in [0, 0.05) is 38.3 Å². The standard InChI is InChI=1S/C32H35FN10O5/c33-24-6-1-4-22(14-24)15-29(46)40-12-10-35-28(45)18-41-21-36-31-26(41)8-11-42(30(47)19-43-38-20-37-39-43)32(31)23-5-2-7-25(16-23)48-13-3-9-34-27(44)17-40/h1-2,4-7,14,16,20-21,32H,3,8-13,15,17-19H2,(H,34,44)(H,35,45). The van der Waals surface area contributed by atoms with Gasteiger partial charge in [0.15, 0.2) is 6.33 Å². The first kappa shape index (κ1) is 32.3. The van der Waals surface area contributed by atoms with E-state index in [1.165, 1.54) is 34.2 Å². The van der Waals surface area contributed by atoms with Crippen LogP contribution in [0.4, 0.5) is 4.39 Å². The SMILES string of the molecule is O=C1CN(C(=O)Cc2cccc(F)c2)CCNC(=O)Cn2cnc3c2CCN(C(=O)Cn2ncnn2)C3c2cccc(c2)OCCCN1. The summed E-state index contributed by atoms with van der Waals surface area (Å²) in [7, 11) is 0. The van der Waals surface area contributed by atoms with Crippen molar-refractivity contribution in [3.63, 3.8) is 0 Å². The summed E-state index contributed by atoms with van der Waals surface area (Å²) < 4.78 is 21.5. The molecular formula is C32H35FN10O5. The quantitative estimate of drug-likeness (QED) is 0.313. The predicted octanol–water partition coefficient (Wildman–Crippen LogP) is 0.269. The molecule has 2 aromatic heterocycles. The van der Waals surface area contributed by atoms with Crippen LogP contribution in [0.5, 0.6) is 5.75 Å². The first-order valence-electron chi connectivity index (χ1n) is 15.7. The lowest BCUT2D eigenvalue weighted by Crippen LogP contribution is -2.45. The molecule has 1 atom stereocenters. The van der Waals surface area contributed by atoms with Crippen molar-refractivity contribution in [3.05, 3.63) is 89.5 Å². The van der Waals surface area contributed by atoms with Crippen LogP contribution < -0.4 is 15.4 Å². The van der Waals surface area contributed by atoms with E-state index in [1.807, 2.05) is 24.3 Å². The molecule has 0 spiro atoms. The topological polar surface area (TPSA) is 169 Å². The molecule has 2 aliphatic heterocycles. The maximum absolute atomic E-state index is 13.7. The lowest BCUT2D eigenvalue weighted by Gasteiger charge is -2.36. The van der Waals surface area contributed by atoms with E-state index >= 15 is 0 Å². The van der Waals surface area contributed by atoms with Crippen molar-refractivity contribution in [2.24, 2.45) is 0 Å². The Bertz CT molecular complexity index is 1780. The smallest absolute Gasteiger partial charge is 0.247 e. The second-order valence-electron chi connectivity index (χ2n) is 11.5. The Morgan fingerprint density at radius 3 is 2.65 bits per heavy atom. The van der Waals surface area contributed by atoms with Gasteiger partial charge in [0.25, 0.3) is 0 Å². The largest absolute Gasteiger partial charge is 0.494 e. The van der Waals surface area contributed by atoms with Gasteiger partial charge in [-0.3, -0.25) is 19.2 Å². The van der Waals surface area contributed by atoms with Crippen LogP contribution in [0.15, 0.2) is 61.2 Å². The van der Waals surface area contributed by atoms with Gasteiger partial charge in [0.2, 0.25) is 23.6 Å². The number of benzene rings is 2. The average molecular weight is 659 g/mol. The zero-order chi connectivity index (χ0) is 33.5. The van der Waals surface area contributed by atoms with E-state index in [-0.39, 0.29) is 62.8 Å². The first-order valence-corrected chi connectivity index (χ1v) is 15.7. The van der Waals surface area contributed by atoms with Crippen LogP contribution in [0.3, 0.4) is 0 Å². The van der Waals surface area contributed by atoms with Gasteiger partial charge in [0.05, 0.1) is 31.6 Å². The van der Waals surface area contributed by atoms with Gasteiger partial charge in [-0.25, -0.2) is 9.37 Å². The molecule has 0 fully saturated rings. The van der Waals surface area contributed by atoms with Crippen LogP contribution in [0.1, 0.15) is 35.0 Å². The molecular weight excluding hydrogens is 623 g/mol. The highest BCUT2D eigenvalue weighted by atomic mass is 19.1. The molecule has 6 rings (SSSR count). The highest BCUT2D eigenvalue weighted by molar-refractivity contribution is 5.86. The summed E-state index contributed by atoms with van der Waals surface area (Å²) in [5.74, 6) is -1.14. The van der Waals surface area contributed by atoms with E-state index < -0.39 is 11.9 Å². The zero-order valence-corrected chi connectivity index (χ0v) is 26.1. The van der Waals surface area contributed by atoms with Gasteiger partial charge in [-0.05, 0) is 47.0 Å². The van der Waals surface area contributed by atoms with Crippen molar-refractivity contribution in [1.82, 2.24) is 50.2 Å². The van der Waals surface area contributed by atoms with Crippen LogP contribution in [-0.2, 0) is 45.1 Å². The summed E-state index contributed by atoms with van der Waals surface area (Å²) in [4.78, 5) is 61.6. The number of fused-ring (bicyclic) bond motifs is 3. The molecule has 2 aliphatic rings. The minimum absolute atomic E-state index is 0.0350. The van der Waals surface area contributed by atoms with Crippen LogP contribution in [0.25, 0.3) is 0 Å². The van der Waals surface area contributed by atoms with E-state index in [0.29, 0.717) is 49.5 Å². The van der Waals surface area contributed by atoms with E-state index in [1.54, 1.807) is 21.9 Å². The summed E-state index contributed by atoms with van der Waals surface area (Å²) in [6.07, 6.45) is 3.72. The Hall–Kier alpha value is -5.67. The number of nitrogens with one attached hydrogen (secondary N) is 2. The van der Waals surface area contributed by atoms with Gasteiger partial charge in [-0.1, -0.05) is 24.3 Å². The van der Waals surface area contributed by atoms with Crippen LogP contribution in [-0.4, -0.2) is 103 Å². The minimum atomic E-state index is -0.555. The number of aromatic nitrogens is 6. The van der Waals surface area contributed by atoms with Gasteiger partial charge in [-0.15, -0.1) is 10.2 Å². The van der Waals surface area contributed by atoms with Gasteiger partial charge < -0.3 is 29.7 Å². The number of halogens is 1. The number of tetrazole rings is 1. The van der Waals surface area contributed by atoms with Gasteiger partial charge in [0.1, 0.15) is 30.7 Å². The van der Waals surface area contributed by atoms with Crippen LogP contribution in [0.2, 0.25) is 0 Å². The fourth-order valence-corrected chi connectivity index (χ4v) is 5.90. The molecule has 4 amide bonds. The summed E-state index contributed by atoms with van der Waals surface area (Å²) in [6.45, 7) is 0.807. The Morgan fingerprint density at radius 1 is 0.979 bits per heavy atom. The fourth-order valence-electron chi connectivity index (χ4n) is 5.90. The van der Waals surface area contributed by atoms with Crippen molar-refractivity contribution in [3.8, 4) is 5.75 Å². The third-order valence-electron chi connectivity index (χ3n) is 8.16. The van der Waals surface area contributed by atoms with Crippen LogP contribution in [0, 0.1) is 5.82 Å². The minimum Gasteiger partial charge on any atom is -0.494 e. The van der Waals surface area contributed by atoms with Crippen molar-refractivity contribution < 1.29 is 28.3 Å². The Balaban J connectivity index is 1.23. The molecule has 15 nitrogen and oxygen atoms in total. The molecule has 0 saturated carbocycles. The number of nitrogens with zero attached hydrogens (tertiary/aromatic N) is 8. The average Bonchev–Trinajstić information content (AvgIpc) is 3.73.